The lowest BCUT2D eigenvalue weighted by molar-refractivity contribution is 1.66. The summed E-state index contributed by atoms with van der Waals surface area (Å²) in [5, 5.41) is 5.42. The topological polar surface area (TPSA) is 0 Å². The molecule has 6 rings (SSSR count). The lowest BCUT2D eigenvalue weighted by Crippen LogP contribution is -1.75. The van der Waals surface area contributed by atoms with Crippen LogP contribution < -0.4 is 0 Å². The summed E-state index contributed by atoms with van der Waals surface area (Å²) >= 11 is 3.85. The average molecular weight is 367 g/mol. The Balaban J connectivity index is 1.65. The second-order valence-electron chi connectivity index (χ2n) is 6.63. The normalized spacial score (nSPS) is 11.8. The first-order chi connectivity index (χ1) is 12.9. The zero-order valence-electron chi connectivity index (χ0n) is 13.9. The minimum atomic E-state index is 1.28. The van der Waals surface area contributed by atoms with Gasteiger partial charge in [-0.25, -0.2) is 0 Å². The van der Waals surface area contributed by atoms with Crippen LogP contribution in [0.1, 0.15) is 0 Å². The maximum Gasteiger partial charge on any atom is 0.0542 e. The van der Waals surface area contributed by atoms with E-state index >= 15 is 0 Å². The quantitative estimate of drug-likeness (QED) is 0.276. The number of thiophene rings is 2. The molecule has 0 fully saturated rings. The molecule has 4 aromatic carbocycles. The van der Waals surface area contributed by atoms with Gasteiger partial charge in [-0.05, 0) is 40.1 Å². The lowest BCUT2D eigenvalue weighted by Gasteiger charge is -2.01. The summed E-state index contributed by atoms with van der Waals surface area (Å²) in [5.41, 5.74) is 2.57. The van der Waals surface area contributed by atoms with Gasteiger partial charge in [-0.2, -0.15) is 0 Å². The summed E-state index contributed by atoms with van der Waals surface area (Å²) in [7, 11) is 0. The highest BCUT2D eigenvalue weighted by atomic mass is 32.1. The van der Waals surface area contributed by atoms with Gasteiger partial charge in [0.15, 0.2) is 0 Å². The Hall–Kier alpha value is -2.68. The fourth-order valence-electron chi connectivity index (χ4n) is 3.75. The third-order valence-corrected chi connectivity index (χ3v) is 7.56. The van der Waals surface area contributed by atoms with Gasteiger partial charge in [-0.1, -0.05) is 66.7 Å². The first kappa shape index (κ1) is 14.5. The standard InChI is InChI=1S/C24H14S2/c1-2-6-15(7-3-1)18-10-11-19-21(14-18)25-24-20-12-16-8-4-5-9-17(16)13-22(20)26-23(19)24/h1-14H. The van der Waals surface area contributed by atoms with Crippen molar-refractivity contribution in [1.82, 2.24) is 0 Å². The van der Waals surface area contributed by atoms with Crippen LogP contribution in [0.3, 0.4) is 0 Å². The second-order valence-corrected chi connectivity index (χ2v) is 8.74. The van der Waals surface area contributed by atoms with Crippen molar-refractivity contribution in [2.45, 2.75) is 0 Å². The Morgan fingerprint density at radius 2 is 1.12 bits per heavy atom. The fourth-order valence-corrected chi connectivity index (χ4v) is 6.47. The molecule has 2 heteroatoms. The van der Waals surface area contributed by atoms with E-state index in [1.807, 2.05) is 22.7 Å². The summed E-state index contributed by atoms with van der Waals surface area (Å²) < 4.78 is 5.62. The molecule has 2 heterocycles. The number of hydrogen-bond donors (Lipinski definition) is 0. The highest BCUT2D eigenvalue weighted by molar-refractivity contribution is 7.36. The van der Waals surface area contributed by atoms with Gasteiger partial charge in [-0.15, -0.1) is 22.7 Å². The van der Waals surface area contributed by atoms with Crippen LogP contribution in [0.15, 0.2) is 84.9 Å². The van der Waals surface area contributed by atoms with Gasteiger partial charge in [-0.3, -0.25) is 0 Å². The third kappa shape index (κ3) is 2.06. The van der Waals surface area contributed by atoms with Crippen molar-refractivity contribution in [2.24, 2.45) is 0 Å². The Labute approximate surface area is 158 Å². The van der Waals surface area contributed by atoms with Crippen molar-refractivity contribution in [3.05, 3.63) is 84.9 Å². The van der Waals surface area contributed by atoms with Crippen molar-refractivity contribution in [3.8, 4) is 11.1 Å². The van der Waals surface area contributed by atoms with Gasteiger partial charge in [0, 0.05) is 20.2 Å². The molecule has 0 aliphatic heterocycles. The van der Waals surface area contributed by atoms with Gasteiger partial charge in [0.05, 0.1) is 9.40 Å². The van der Waals surface area contributed by atoms with Gasteiger partial charge in [0.2, 0.25) is 0 Å². The molecular weight excluding hydrogens is 352 g/mol. The summed E-state index contributed by atoms with van der Waals surface area (Å²) in [6.45, 7) is 0. The van der Waals surface area contributed by atoms with Crippen LogP contribution in [0.2, 0.25) is 0 Å². The van der Waals surface area contributed by atoms with E-state index in [9.17, 15) is 0 Å². The predicted octanol–water partition coefficient (Wildman–Crippen LogP) is 8.09. The van der Waals surface area contributed by atoms with Crippen LogP contribution in [0.25, 0.3) is 51.5 Å². The molecule has 0 amide bonds. The highest BCUT2D eigenvalue weighted by Gasteiger charge is 2.13. The number of hydrogen-bond acceptors (Lipinski definition) is 2. The van der Waals surface area contributed by atoms with Gasteiger partial charge in [0.1, 0.15) is 0 Å². The minimum Gasteiger partial charge on any atom is -0.134 e. The molecule has 26 heavy (non-hydrogen) atoms. The maximum absolute atomic E-state index is 2.36. The number of benzene rings is 4. The van der Waals surface area contributed by atoms with E-state index in [4.69, 9.17) is 0 Å². The van der Waals surface area contributed by atoms with E-state index in [-0.39, 0.29) is 0 Å². The smallest absolute Gasteiger partial charge is 0.0542 e. The Kier molecular flexibility index (Phi) is 3.01. The van der Waals surface area contributed by atoms with Crippen molar-refractivity contribution >= 4 is 63.0 Å². The van der Waals surface area contributed by atoms with Crippen molar-refractivity contribution in [1.29, 1.82) is 0 Å². The molecule has 0 aliphatic carbocycles. The summed E-state index contributed by atoms with van der Waals surface area (Å²) in [5.74, 6) is 0. The minimum absolute atomic E-state index is 1.28. The highest BCUT2D eigenvalue weighted by Crippen LogP contribution is 2.45. The zero-order chi connectivity index (χ0) is 17.1. The molecule has 122 valence electrons. The molecule has 6 aromatic rings. The van der Waals surface area contributed by atoms with Crippen molar-refractivity contribution in [3.63, 3.8) is 0 Å². The van der Waals surface area contributed by atoms with Crippen LogP contribution >= 0.6 is 22.7 Å². The van der Waals surface area contributed by atoms with E-state index in [1.54, 1.807) is 0 Å². The van der Waals surface area contributed by atoms with Gasteiger partial charge in [0.25, 0.3) is 0 Å². The largest absolute Gasteiger partial charge is 0.134 e. The molecule has 0 atom stereocenters. The van der Waals surface area contributed by atoms with E-state index in [2.05, 4.69) is 84.9 Å². The summed E-state index contributed by atoms with van der Waals surface area (Å²) in [4.78, 5) is 0. The molecular formula is C24H14S2. The average Bonchev–Trinajstić information content (AvgIpc) is 3.22. The molecule has 2 aromatic heterocycles. The molecule has 0 saturated carbocycles. The molecule has 0 bridgehead atoms. The summed E-state index contributed by atoms with van der Waals surface area (Å²) in [6, 6.07) is 30.9. The van der Waals surface area contributed by atoms with Crippen LogP contribution in [0.4, 0.5) is 0 Å². The molecule has 0 radical (unpaired) electrons. The Bertz CT molecular complexity index is 1420. The predicted molar refractivity (Wildman–Crippen MR) is 118 cm³/mol. The molecule has 0 aliphatic rings. The second kappa shape index (κ2) is 5.41. The van der Waals surface area contributed by atoms with Crippen LogP contribution in [-0.4, -0.2) is 0 Å². The fraction of sp³-hybridized carbons (Fsp3) is 0. The molecule has 0 saturated heterocycles. The molecule has 0 N–H and O–H groups in total. The van der Waals surface area contributed by atoms with E-state index < -0.39 is 0 Å². The van der Waals surface area contributed by atoms with Crippen LogP contribution in [0, 0.1) is 0 Å². The maximum atomic E-state index is 2.36. The van der Waals surface area contributed by atoms with Crippen LogP contribution in [0.5, 0.6) is 0 Å². The first-order valence-electron chi connectivity index (χ1n) is 8.70. The number of fused-ring (bicyclic) bond motifs is 6. The SMILES string of the molecule is c1ccc(-c2ccc3c(c2)sc2c4cc5ccccc5cc4sc32)cc1. The number of rotatable bonds is 1. The third-order valence-electron chi connectivity index (χ3n) is 5.06. The molecule has 0 unspecified atom stereocenters. The monoisotopic (exact) mass is 366 g/mol. The first-order valence-corrected chi connectivity index (χ1v) is 10.3. The molecule has 0 nitrogen and oxygen atoms in total. The van der Waals surface area contributed by atoms with Crippen LogP contribution in [-0.2, 0) is 0 Å². The van der Waals surface area contributed by atoms with Gasteiger partial charge >= 0.3 is 0 Å². The van der Waals surface area contributed by atoms with E-state index in [1.165, 1.54) is 51.5 Å². The van der Waals surface area contributed by atoms with Crippen molar-refractivity contribution < 1.29 is 0 Å². The Morgan fingerprint density at radius 3 is 1.92 bits per heavy atom. The lowest BCUT2D eigenvalue weighted by atomic mass is 10.0. The van der Waals surface area contributed by atoms with Gasteiger partial charge < -0.3 is 0 Å². The van der Waals surface area contributed by atoms with E-state index in [0.29, 0.717) is 0 Å². The Morgan fingerprint density at radius 1 is 0.462 bits per heavy atom. The summed E-state index contributed by atoms with van der Waals surface area (Å²) in [6.07, 6.45) is 0. The zero-order valence-corrected chi connectivity index (χ0v) is 15.5. The van der Waals surface area contributed by atoms with E-state index in [0.717, 1.165) is 0 Å². The van der Waals surface area contributed by atoms with Crippen molar-refractivity contribution in [2.75, 3.05) is 0 Å². The molecule has 0 spiro atoms.